The number of thiazole rings is 1. The van der Waals surface area contributed by atoms with E-state index in [0.717, 1.165) is 70.7 Å². The Morgan fingerprint density at radius 2 is 1.94 bits per heavy atom. The first kappa shape index (κ1) is 26.1. The Hall–Kier alpha value is -3.01. The van der Waals surface area contributed by atoms with Crippen molar-refractivity contribution in [1.82, 2.24) is 24.6 Å². The van der Waals surface area contributed by atoms with Crippen LogP contribution >= 0.6 is 11.3 Å². The lowest BCUT2D eigenvalue weighted by Crippen LogP contribution is -2.27. The third-order valence-electron chi connectivity index (χ3n) is 6.10. The van der Waals surface area contributed by atoms with Crippen LogP contribution in [0, 0.1) is 5.92 Å². The number of anilines is 1. The van der Waals surface area contributed by atoms with Gasteiger partial charge in [-0.05, 0) is 43.6 Å². The maximum atomic E-state index is 9.68. The Balaban J connectivity index is 1.43. The SMILES string of the molecule is CCN(CC)CCn1cc(-c2cc(Oc3ccc4nc(N[C@@H](CO)CC(C)C)sc4c3)ccn2)cn1. The van der Waals surface area contributed by atoms with Gasteiger partial charge in [-0.1, -0.05) is 39.0 Å². The third kappa shape index (κ3) is 6.81. The first-order valence-corrected chi connectivity index (χ1v) is 13.5. The van der Waals surface area contributed by atoms with E-state index < -0.39 is 0 Å². The maximum absolute atomic E-state index is 9.68. The topological polar surface area (TPSA) is 88.3 Å². The molecule has 0 aliphatic rings. The summed E-state index contributed by atoms with van der Waals surface area (Å²) in [7, 11) is 0. The van der Waals surface area contributed by atoms with Crippen LogP contribution in [0.25, 0.3) is 21.5 Å². The normalized spacial score (nSPS) is 12.5. The number of nitrogens with one attached hydrogen (secondary N) is 1. The van der Waals surface area contributed by atoms with Crippen molar-refractivity contribution < 1.29 is 9.84 Å². The van der Waals surface area contributed by atoms with Gasteiger partial charge in [0.25, 0.3) is 0 Å². The molecule has 4 aromatic rings. The molecule has 0 amide bonds. The number of aliphatic hydroxyl groups excluding tert-OH is 1. The molecule has 1 atom stereocenters. The lowest BCUT2D eigenvalue weighted by atomic mass is 10.0. The molecule has 1 aromatic carbocycles. The molecule has 0 saturated heterocycles. The van der Waals surface area contributed by atoms with Gasteiger partial charge in [-0.2, -0.15) is 5.10 Å². The van der Waals surface area contributed by atoms with Crippen LogP contribution in [0.4, 0.5) is 5.13 Å². The molecule has 3 aromatic heterocycles. The number of fused-ring (bicyclic) bond motifs is 1. The summed E-state index contributed by atoms with van der Waals surface area (Å²) in [6.07, 6.45) is 6.53. The Kier molecular flexibility index (Phi) is 8.90. The molecule has 8 nitrogen and oxygen atoms in total. The van der Waals surface area contributed by atoms with Crippen LogP contribution in [-0.2, 0) is 6.54 Å². The smallest absolute Gasteiger partial charge is 0.184 e. The zero-order valence-electron chi connectivity index (χ0n) is 21.5. The summed E-state index contributed by atoms with van der Waals surface area (Å²) in [4.78, 5) is 11.6. The molecule has 9 heteroatoms. The van der Waals surface area contributed by atoms with Crippen molar-refractivity contribution in [3.8, 4) is 22.8 Å². The standard InChI is InChI=1S/C27H36N6O2S/c1-5-32(6-2)11-12-33-17-20(16-29-33)25-14-23(9-10-28-25)35-22-7-8-24-26(15-22)36-27(31-24)30-21(18-34)13-19(3)4/h7-10,14-17,19,21,34H,5-6,11-13,18H2,1-4H3,(H,30,31)/t21-/m1/s1. The van der Waals surface area contributed by atoms with Crippen LogP contribution in [0.1, 0.15) is 34.1 Å². The largest absolute Gasteiger partial charge is 0.457 e. The number of aliphatic hydroxyl groups is 1. The summed E-state index contributed by atoms with van der Waals surface area (Å²) in [5.74, 6) is 1.96. The van der Waals surface area contributed by atoms with Crippen LogP contribution in [0.5, 0.6) is 11.5 Å². The summed E-state index contributed by atoms with van der Waals surface area (Å²) >= 11 is 1.57. The van der Waals surface area contributed by atoms with E-state index in [9.17, 15) is 5.11 Å². The van der Waals surface area contributed by atoms with E-state index in [-0.39, 0.29) is 12.6 Å². The Morgan fingerprint density at radius 1 is 1.14 bits per heavy atom. The zero-order chi connectivity index (χ0) is 25.5. The molecular weight excluding hydrogens is 472 g/mol. The van der Waals surface area contributed by atoms with Gasteiger partial charge in [0.05, 0.1) is 41.3 Å². The zero-order valence-corrected chi connectivity index (χ0v) is 22.3. The van der Waals surface area contributed by atoms with Gasteiger partial charge in [0, 0.05) is 36.6 Å². The molecule has 0 saturated carbocycles. The van der Waals surface area contributed by atoms with E-state index in [1.807, 2.05) is 47.4 Å². The quantitative estimate of drug-likeness (QED) is 0.246. The van der Waals surface area contributed by atoms with Gasteiger partial charge in [0.15, 0.2) is 5.13 Å². The van der Waals surface area contributed by atoms with E-state index >= 15 is 0 Å². The highest BCUT2D eigenvalue weighted by atomic mass is 32.1. The fraction of sp³-hybridized carbons (Fsp3) is 0.444. The minimum Gasteiger partial charge on any atom is -0.457 e. The summed E-state index contributed by atoms with van der Waals surface area (Å²) in [6, 6.07) is 9.68. The van der Waals surface area contributed by atoms with Crippen molar-refractivity contribution in [2.75, 3.05) is 31.6 Å². The average molecular weight is 509 g/mol. The van der Waals surface area contributed by atoms with Crippen LogP contribution in [-0.4, -0.2) is 62.0 Å². The highest BCUT2D eigenvalue weighted by Crippen LogP contribution is 2.32. The van der Waals surface area contributed by atoms with Gasteiger partial charge in [-0.15, -0.1) is 0 Å². The van der Waals surface area contributed by atoms with Crippen molar-refractivity contribution in [2.45, 2.75) is 46.7 Å². The van der Waals surface area contributed by atoms with E-state index in [2.05, 4.69) is 53.0 Å². The molecule has 0 fully saturated rings. The summed E-state index contributed by atoms with van der Waals surface area (Å²) in [5, 5.41) is 18.4. The number of benzene rings is 1. The average Bonchev–Trinajstić information content (AvgIpc) is 3.50. The van der Waals surface area contributed by atoms with Crippen molar-refractivity contribution in [1.29, 1.82) is 0 Å². The molecule has 0 unspecified atom stereocenters. The fourth-order valence-corrected chi connectivity index (χ4v) is 5.09. The van der Waals surface area contributed by atoms with Crippen LogP contribution in [0.15, 0.2) is 48.9 Å². The number of nitrogens with zero attached hydrogens (tertiary/aromatic N) is 5. The van der Waals surface area contributed by atoms with E-state index in [1.165, 1.54) is 0 Å². The number of aromatic nitrogens is 4. The van der Waals surface area contributed by atoms with Gasteiger partial charge in [0.1, 0.15) is 11.5 Å². The number of pyridine rings is 1. The molecule has 36 heavy (non-hydrogen) atoms. The molecule has 4 rings (SSSR count). The number of hydrogen-bond donors (Lipinski definition) is 2. The minimum absolute atomic E-state index is 0.00176. The molecule has 2 N–H and O–H groups in total. The lowest BCUT2D eigenvalue weighted by Gasteiger charge is -2.17. The second-order valence-corrected chi connectivity index (χ2v) is 10.3. The summed E-state index contributed by atoms with van der Waals surface area (Å²) in [5.41, 5.74) is 2.70. The second-order valence-electron chi connectivity index (χ2n) is 9.30. The highest BCUT2D eigenvalue weighted by Gasteiger charge is 2.13. The van der Waals surface area contributed by atoms with Gasteiger partial charge < -0.3 is 20.1 Å². The monoisotopic (exact) mass is 508 g/mol. The van der Waals surface area contributed by atoms with Crippen molar-refractivity contribution in [2.24, 2.45) is 5.92 Å². The summed E-state index contributed by atoms with van der Waals surface area (Å²) in [6.45, 7) is 12.6. The Labute approximate surface area is 217 Å². The molecule has 0 aliphatic carbocycles. The first-order valence-electron chi connectivity index (χ1n) is 12.6. The van der Waals surface area contributed by atoms with E-state index in [1.54, 1.807) is 17.5 Å². The fourth-order valence-electron chi connectivity index (χ4n) is 4.12. The highest BCUT2D eigenvalue weighted by molar-refractivity contribution is 7.22. The van der Waals surface area contributed by atoms with Gasteiger partial charge in [-0.25, -0.2) is 4.98 Å². The van der Waals surface area contributed by atoms with E-state index in [4.69, 9.17) is 4.74 Å². The minimum atomic E-state index is -0.00176. The van der Waals surface area contributed by atoms with Crippen molar-refractivity contribution in [3.63, 3.8) is 0 Å². The molecule has 0 spiro atoms. The van der Waals surface area contributed by atoms with Gasteiger partial charge in [0.2, 0.25) is 0 Å². The van der Waals surface area contributed by atoms with Crippen LogP contribution in [0.3, 0.4) is 0 Å². The second kappa shape index (κ2) is 12.3. The maximum Gasteiger partial charge on any atom is 0.184 e. The number of ether oxygens (including phenoxy) is 1. The van der Waals surface area contributed by atoms with Crippen LogP contribution < -0.4 is 10.1 Å². The van der Waals surface area contributed by atoms with Gasteiger partial charge in [-0.3, -0.25) is 9.67 Å². The lowest BCUT2D eigenvalue weighted by molar-refractivity contribution is 0.259. The predicted octanol–water partition coefficient (Wildman–Crippen LogP) is 5.51. The first-order chi connectivity index (χ1) is 17.5. The molecule has 192 valence electrons. The Morgan fingerprint density at radius 3 is 2.69 bits per heavy atom. The van der Waals surface area contributed by atoms with Crippen LogP contribution in [0.2, 0.25) is 0 Å². The third-order valence-corrected chi connectivity index (χ3v) is 7.05. The molecule has 0 aliphatic heterocycles. The summed E-state index contributed by atoms with van der Waals surface area (Å²) < 4.78 is 9.17. The van der Waals surface area contributed by atoms with Gasteiger partial charge >= 0.3 is 0 Å². The Bertz CT molecular complexity index is 1250. The number of rotatable bonds is 13. The molecule has 3 heterocycles. The number of hydrogen-bond acceptors (Lipinski definition) is 8. The molecular formula is C27H36N6O2S. The van der Waals surface area contributed by atoms with Crippen molar-refractivity contribution >= 4 is 26.7 Å². The number of likely N-dealkylation sites (N-methyl/N-ethyl adjacent to an activating group) is 1. The van der Waals surface area contributed by atoms with Crippen molar-refractivity contribution in [3.05, 3.63) is 48.9 Å². The van der Waals surface area contributed by atoms with E-state index in [0.29, 0.717) is 5.92 Å². The predicted molar refractivity (Wildman–Crippen MR) is 147 cm³/mol. The molecule has 0 bridgehead atoms. The molecule has 0 radical (unpaired) electrons.